The molecule has 2 aromatic carbocycles. The second-order valence-electron chi connectivity index (χ2n) is 6.33. The molecule has 1 amide bonds. The highest BCUT2D eigenvalue weighted by molar-refractivity contribution is 7.92. The fraction of sp³-hybridized carbons (Fsp3) is 0.316. The number of anilines is 2. The van der Waals surface area contributed by atoms with E-state index in [4.69, 9.17) is 11.6 Å². The Morgan fingerprint density at radius 2 is 1.96 bits per heavy atom. The number of halogens is 1. The topological polar surface area (TPSA) is 66.5 Å². The molecule has 0 aliphatic carbocycles. The average Bonchev–Trinajstić information content (AvgIpc) is 2.63. The molecule has 138 valence electrons. The van der Waals surface area contributed by atoms with Gasteiger partial charge in [-0.2, -0.15) is 0 Å². The molecule has 1 heterocycles. The minimum atomic E-state index is -3.56. The number of carbonyl (C=O) groups is 1. The predicted molar refractivity (Wildman–Crippen MR) is 105 cm³/mol. The summed E-state index contributed by atoms with van der Waals surface area (Å²) in [6.07, 6.45) is 1.55. The van der Waals surface area contributed by atoms with Crippen molar-refractivity contribution in [2.24, 2.45) is 0 Å². The van der Waals surface area contributed by atoms with Crippen molar-refractivity contribution in [3.05, 3.63) is 58.6 Å². The molecule has 3 rings (SSSR count). The van der Waals surface area contributed by atoms with Crippen LogP contribution in [0.5, 0.6) is 0 Å². The first-order valence-electron chi connectivity index (χ1n) is 8.52. The van der Waals surface area contributed by atoms with E-state index in [0.717, 1.165) is 29.7 Å². The molecule has 1 aliphatic heterocycles. The van der Waals surface area contributed by atoms with E-state index >= 15 is 0 Å². The normalized spacial score (nSPS) is 14.0. The van der Waals surface area contributed by atoms with Crippen molar-refractivity contribution in [1.29, 1.82) is 0 Å². The number of hydrogen-bond donors (Lipinski definition) is 1. The summed E-state index contributed by atoms with van der Waals surface area (Å²) in [6.45, 7) is 2.26. The Morgan fingerprint density at radius 1 is 1.19 bits per heavy atom. The third-order valence-corrected chi connectivity index (χ3v) is 6.71. The smallest absolute Gasteiger partial charge is 0.235 e. The van der Waals surface area contributed by atoms with Gasteiger partial charge in [0.25, 0.3) is 0 Å². The molecule has 0 spiro atoms. The molecule has 5 nitrogen and oxygen atoms in total. The van der Waals surface area contributed by atoms with Crippen molar-refractivity contribution in [2.45, 2.75) is 26.2 Å². The molecule has 1 N–H and O–H groups in total. The number of rotatable bonds is 5. The lowest BCUT2D eigenvalue weighted by Gasteiger charge is -2.30. The van der Waals surface area contributed by atoms with Gasteiger partial charge >= 0.3 is 0 Å². The lowest BCUT2D eigenvalue weighted by molar-refractivity contribution is -0.115. The van der Waals surface area contributed by atoms with Crippen LogP contribution < -0.4 is 9.62 Å². The standard InChI is InChI=1S/C19H21ClN2O3S/c1-14-16(20)8-4-9-17(14)21-19(23)11-13-26(24,25)22-12-5-7-15-6-2-3-10-18(15)22/h2-4,6,8-10H,5,7,11-13H2,1H3,(H,21,23). The van der Waals surface area contributed by atoms with Gasteiger partial charge in [-0.1, -0.05) is 35.9 Å². The Balaban J connectivity index is 1.67. The van der Waals surface area contributed by atoms with Crippen LogP contribution in [0.1, 0.15) is 24.0 Å². The van der Waals surface area contributed by atoms with Crippen molar-refractivity contribution in [2.75, 3.05) is 21.9 Å². The minimum Gasteiger partial charge on any atom is -0.326 e. The van der Waals surface area contributed by atoms with Gasteiger partial charge < -0.3 is 5.32 Å². The van der Waals surface area contributed by atoms with E-state index in [2.05, 4.69) is 5.32 Å². The molecule has 0 fully saturated rings. The lowest BCUT2D eigenvalue weighted by atomic mass is 10.0. The van der Waals surface area contributed by atoms with Gasteiger partial charge in [0.1, 0.15) is 0 Å². The van der Waals surface area contributed by atoms with Gasteiger partial charge in [-0.3, -0.25) is 9.10 Å². The first kappa shape index (κ1) is 18.7. The van der Waals surface area contributed by atoms with Gasteiger partial charge in [0, 0.05) is 23.7 Å². The zero-order valence-electron chi connectivity index (χ0n) is 14.5. The predicted octanol–water partition coefficient (Wildman–Crippen LogP) is 3.76. The maximum absolute atomic E-state index is 12.8. The number of benzene rings is 2. The number of aryl methyl sites for hydroxylation is 1. The zero-order valence-corrected chi connectivity index (χ0v) is 16.1. The Labute approximate surface area is 159 Å². The Hall–Kier alpha value is -2.05. The van der Waals surface area contributed by atoms with Crippen LogP contribution in [-0.2, 0) is 21.2 Å². The van der Waals surface area contributed by atoms with Crippen LogP contribution in [0.4, 0.5) is 11.4 Å². The quantitative estimate of drug-likeness (QED) is 0.842. The summed E-state index contributed by atoms with van der Waals surface area (Å²) in [6, 6.07) is 12.7. The molecule has 0 saturated carbocycles. The summed E-state index contributed by atoms with van der Waals surface area (Å²) in [4.78, 5) is 12.2. The molecule has 1 aliphatic rings. The van der Waals surface area contributed by atoms with Crippen molar-refractivity contribution in [1.82, 2.24) is 0 Å². The minimum absolute atomic E-state index is 0.104. The first-order chi connectivity index (χ1) is 12.4. The van der Waals surface area contributed by atoms with E-state index in [0.29, 0.717) is 17.3 Å². The summed E-state index contributed by atoms with van der Waals surface area (Å²) < 4.78 is 26.9. The summed E-state index contributed by atoms with van der Waals surface area (Å²) in [5, 5.41) is 3.30. The fourth-order valence-electron chi connectivity index (χ4n) is 3.08. The molecule has 0 aromatic heterocycles. The second-order valence-corrected chi connectivity index (χ2v) is 8.75. The number of nitrogens with zero attached hydrogens (tertiary/aromatic N) is 1. The van der Waals surface area contributed by atoms with E-state index in [9.17, 15) is 13.2 Å². The second kappa shape index (κ2) is 7.68. The van der Waals surface area contributed by atoms with Crippen LogP contribution in [0.3, 0.4) is 0 Å². The van der Waals surface area contributed by atoms with Crippen LogP contribution in [-0.4, -0.2) is 26.6 Å². The van der Waals surface area contributed by atoms with Crippen LogP contribution in [0, 0.1) is 6.92 Å². The average molecular weight is 393 g/mol. The number of carbonyl (C=O) groups excluding carboxylic acids is 1. The molecule has 0 bridgehead atoms. The molecule has 26 heavy (non-hydrogen) atoms. The van der Waals surface area contributed by atoms with Gasteiger partial charge in [0.05, 0.1) is 11.4 Å². The zero-order chi connectivity index (χ0) is 18.7. The largest absolute Gasteiger partial charge is 0.326 e. The highest BCUT2D eigenvalue weighted by Gasteiger charge is 2.27. The van der Waals surface area contributed by atoms with Crippen molar-refractivity contribution >= 4 is 38.9 Å². The maximum Gasteiger partial charge on any atom is 0.235 e. The number of para-hydroxylation sites is 1. The molecule has 0 unspecified atom stereocenters. The molecule has 0 atom stereocenters. The summed E-state index contributed by atoms with van der Waals surface area (Å²) in [7, 11) is -3.56. The van der Waals surface area contributed by atoms with Crippen molar-refractivity contribution < 1.29 is 13.2 Å². The van der Waals surface area contributed by atoms with Crippen LogP contribution in [0.2, 0.25) is 5.02 Å². The van der Waals surface area contributed by atoms with E-state index in [1.807, 2.05) is 24.3 Å². The van der Waals surface area contributed by atoms with E-state index in [-0.39, 0.29) is 18.1 Å². The molecule has 2 aromatic rings. The summed E-state index contributed by atoms with van der Waals surface area (Å²) in [5.41, 5.74) is 3.12. The molecule has 7 heteroatoms. The fourth-order valence-corrected chi connectivity index (χ4v) is 4.80. The van der Waals surface area contributed by atoms with Crippen molar-refractivity contribution in [3.8, 4) is 0 Å². The lowest BCUT2D eigenvalue weighted by Crippen LogP contribution is -2.37. The van der Waals surface area contributed by atoms with Gasteiger partial charge in [-0.15, -0.1) is 0 Å². The number of fused-ring (bicyclic) bond motifs is 1. The van der Waals surface area contributed by atoms with E-state index < -0.39 is 10.0 Å². The highest BCUT2D eigenvalue weighted by atomic mass is 35.5. The Bertz CT molecular complexity index is 928. The molecule has 0 radical (unpaired) electrons. The molecule has 0 saturated heterocycles. The van der Waals surface area contributed by atoms with Crippen LogP contribution in [0.25, 0.3) is 0 Å². The van der Waals surface area contributed by atoms with Crippen LogP contribution >= 0.6 is 11.6 Å². The van der Waals surface area contributed by atoms with E-state index in [1.54, 1.807) is 25.1 Å². The number of nitrogens with one attached hydrogen (secondary N) is 1. The maximum atomic E-state index is 12.8. The summed E-state index contributed by atoms with van der Waals surface area (Å²) >= 11 is 6.04. The van der Waals surface area contributed by atoms with Gasteiger partial charge in [0.2, 0.25) is 15.9 Å². The third-order valence-electron chi connectivity index (χ3n) is 4.53. The van der Waals surface area contributed by atoms with Gasteiger partial charge in [0.15, 0.2) is 0 Å². The molecular formula is C19H21ClN2O3S. The van der Waals surface area contributed by atoms with Gasteiger partial charge in [-0.05, 0) is 49.1 Å². The Kier molecular flexibility index (Phi) is 5.53. The monoisotopic (exact) mass is 392 g/mol. The Morgan fingerprint density at radius 3 is 2.77 bits per heavy atom. The number of sulfonamides is 1. The summed E-state index contributed by atoms with van der Waals surface area (Å²) in [5.74, 6) is -0.573. The van der Waals surface area contributed by atoms with Gasteiger partial charge in [-0.25, -0.2) is 8.42 Å². The number of hydrogen-bond acceptors (Lipinski definition) is 3. The number of amides is 1. The first-order valence-corrected chi connectivity index (χ1v) is 10.5. The highest BCUT2D eigenvalue weighted by Crippen LogP contribution is 2.29. The van der Waals surface area contributed by atoms with Crippen LogP contribution in [0.15, 0.2) is 42.5 Å². The molecular weight excluding hydrogens is 372 g/mol. The van der Waals surface area contributed by atoms with Crippen molar-refractivity contribution in [3.63, 3.8) is 0 Å². The van der Waals surface area contributed by atoms with E-state index in [1.165, 1.54) is 4.31 Å². The SMILES string of the molecule is Cc1c(Cl)cccc1NC(=O)CCS(=O)(=O)N1CCCc2ccccc21. The third kappa shape index (κ3) is 4.02.